The van der Waals surface area contributed by atoms with Gasteiger partial charge in [-0.1, -0.05) is 0 Å². The lowest BCUT2D eigenvalue weighted by molar-refractivity contribution is -0.117. The zero-order valence-electron chi connectivity index (χ0n) is 14.0. The van der Waals surface area contributed by atoms with Crippen LogP contribution in [0.25, 0.3) is 11.0 Å². The minimum atomic E-state index is -0.00449. The Morgan fingerprint density at radius 1 is 1.20 bits per heavy atom. The van der Waals surface area contributed by atoms with Crippen molar-refractivity contribution in [2.24, 2.45) is 7.05 Å². The van der Waals surface area contributed by atoms with E-state index in [1.54, 1.807) is 41.2 Å². The van der Waals surface area contributed by atoms with Gasteiger partial charge in [0.05, 0.1) is 30.9 Å². The highest BCUT2D eigenvalue weighted by Gasteiger charge is 2.27. The number of hydrogen-bond acceptors (Lipinski definition) is 7. The monoisotopic (exact) mass is 339 g/mol. The normalized spacial score (nSPS) is 15.0. The summed E-state index contributed by atoms with van der Waals surface area (Å²) >= 11 is 0. The molecule has 9 nitrogen and oxygen atoms in total. The van der Waals surface area contributed by atoms with Crippen LogP contribution in [-0.4, -0.2) is 57.4 Å². The lowest BCUT2D eigenvalue weighted by atomic mass is 10.2. The van der Waals surface area contributed by atoms with E-state index in [-0.39, 0.29) is 12.5 Å². The predicted octanol–water partition coefficient (Wildman–Crippen LogP) is 0.620. The van der Waals surface area contributed by atoms with Crippen LogP contribution >= 0.6 is 0 Å². The van der Waals surface area contributed by atoms with Crippen LogP contribution in [0.5, 0.6) is 5.88 Å². The number of piperazine rings is 1. The van der Waals surface area contributed by atoms with Crippen molar-refractivity contribution in [3.05, 3.63) is 30.9 Å². The molecule has 0 N–H and O–H groups in total. The molecule has 0 radical (unpaired) electrons. The maximum Gasteiger partial charge on any atom is 0.246 e. The van der Waals surface area contributed by atoms with Crippen LogP contribution in [0, 0.1) is 0 Å². The van der Waals surface area contributed by atoms with Crippen LogP contribution in [0.3, 0.4) is 0 Å². The molecule has 0 aliphatic carbocycles. The first-order valence-electron chi connectivity index (χ1n) is 7.85. The number of fused-ring (bicyclic) bond motifs is 1. The Morgan fingerprint density at radius 3 is 2.88 bits per heavy atom. The average molecular weight is 339 g/mol. The fourth-order valence-electron chi connectivity index (χ4n) is 3.01. The molecule has 3 aromatic rings. The van der Waals surface area contributed by atoms with Crippen molar-refractivity contribution in [3.8, 4) is 5.88 Å². The molecule has 25 heavy (non-hydrogen) atoms. The van der Waals surface area contributed by atoms with E-state index in [9.17, 15) is 4.79 Å². The van der Waals surface area contributed by atoms with E-state index in [0.717, 1.165) is 22.5 Å². The van der Waals surface area contributed by atoms with E-state index in [0.29, 0.717) is 19.0 Å². The Bertz CT molecular complexity index is 939. The molecule has 0 bridgehead atoms. The molecule has 1 aliphatic rings. The molecule has 4 heterocycles. The summed E-state index contributed by atoms with van der Waals surface area (Å²) in [6, 6.07) is 3.57. The summed E-state index contributed by atoms with van der Waals surface area (Å²) in [5, 5.41) is 5.07. The summed E-state index contributed by atoms with van der Waals surface area (Å²) < 4.78 is 6.83. The number of aryl methyl sites for hydroxylation is 1. The molecule has 1 fully saturated rings. The molecule has 128 valence electrons. The predicted molar refractivity (Wildman–Crippen MR) is 91.7 cm³/mol. The fraction of sp³-hybridized carbons (Fsp3) is 0.312. The highest BCUT2D eigenvalue weighted by molar-refractivity contribution is 5.99. The molecular weight excluding hydrogens is 322 g/mol. The van der Waals surface area contributed by atoms with Gasteiger partial charge in [0.15, 0.2) is 5.65 Å². The average Bonchev–Trinajstić information content (AvgIpc) is 3.03. The largest absolute Gasteiger partial charge is 0.481 e. The highest BCUT2D eigenvalue weighted by atomic mass is 16.5. The SMILES string of the molecule is COc1cc(N2CCN(c3ncnc4c3cnn4C)CC2=O)ccn1. The molecule has 0 unspecified atom stereocenters. The van der Waals surface area contributed by atoms with Gasteiger partial charge in [-0.25, -0.2) is 15.0 Å². The summed E-state index contributed by atoms with van der Waals surface area (Å²) in [5.74, 6) is 1.22. The molecule has 4 rings (SSSR count). The minimum absolute atomic E-state index is 0.00449. The molecule has 0 saturated carbocycles. The van der Waals surface area contributed by atoms with Gasteiger partial charge in [-0.05, 0) is 6.07 Å². The van der Waals surface area contributed by atoms with Gasteiger partial charge in [0.1, 0.15) is 12.1 Å². The topological polar surface area (TPSA) is 89.3 Å². The van der Waals surface area contributed by atoms with Gasteiger partial charge in [0.25, 0.3) is 0 Å². The summed E-state index contributed by atoms with van der Waals surface area (Å²) in [7, 11) is 3.39. The molecule has 1 saturated heterocycles. The molecule has 1 amide bonds. The number of rotatable bonds is 3. The third kappa shape index (κ3) is 2.63. The van der Waals surface area contributed by atoms with E-state index in [1.165, 1.54) is 6.33 Å². The van der Waals surface area contributed by atoms with Crippen molar-refractivity contribution >= 4 is 28.4 Å². The van der Waals surface area contributed by atoms with Gasteiger partial charge in [0, 0.05) is 32.4 Å². The van der Waals surface area contributed by atoms with E-state index in [4.69, 9.17) is 4.74 Å². The van der Waals surface area contributed by atoms with Crippen LogP contribution in [0.2, 0.25) is 0 Å². The molecule has 3 aromatic heterocycles. The highest BCUT2D eigenvalue weighted by Crippen LogP contribution is 2.26. The second kappa shape index (κ2) is 6.00. The summed E-state index contributed by atoms with van der Waals surface area (Å²) in [6.45, 7) is 1.46. The Morgan fingerprint density at radius 2 is 2.08 bits per heavy atom. The van der Waals surface area contributed by atoms with Crippen molar-refractivity contribution in [1.82, 2.24) is 24.7 Å². The quantitative estimate of drug-likeness (QED) is 0.691. The maximum absolute atomic E-state index is 12.7. The number of hydrogen-bond donors (Lipinski definition) is 0. The molecule has 0 aromatic carbocycles. The van der Waals surface area contributed by atoms with Crippen LogP contribution < -0.4 is 14.5 Å². The smallest absolute Gasteiger partial charge is 0.246 e. The third-order valence-electron chi connectivity index (χ3n) is 4.27. The van der Waals surface area contributed by atoms with E-state index < -0.39 is 0 Å². The van der Waals surface area contributed by atoms with Gasteiger partial charge < -0.3 is 14.5 Å². The Hall–Kier alpha value is -3.23. The second-order valence-electron chi connectivity index (χ2n) is 5.73. The molecule has 0 atom stereocenters. The summed E-state index contributed by atoms with van der Waals surface area (Å²) in [5.41, 5.74) is 1.53. The summed E-state index contributed by atoms with van der Waals surface area (Å²) in [6.07, 6.45) is 4.87. The van der Waals surface area contributed by atoms with Crippen molar-refractivity contribution < 1.29 is 9.53 Å². The number of nitrogens with zero attached hydrogens (tertiary/aromatic N) is 7. The van der Waals surface area contributed by atoms with Gasteiger partial charge in [-0.2, -0.15) is 5.10 Å². The van der Waals surface area contributed by atoms with Crippen molar-refractivity contribution in [2.45, 2.75) is 0 Å². The van der Waals surface area contributed by atoms with E-state index in [2.05, 4.69) is 20.1 Å². The Labute approximate surface area is 143 Å². The molecule has 1 aliphatic heterocycles. The number of pyridine rings is 1. The number of carbonyl (C=O) groups is 1. The van der Waals surface area contributed by atoms with Crippen molar-refractivity contribution in [1.29, 1.82) is 0 Å². The minimum Gasteiger partial charge on any atom is -0.481 e. The zero-order valence-corrected chi connectivity index (χ0v) is 14.0. The van der Waals surface area contributed by atoms with Gasteiger partial charge >= 0.3 is 0 Å². The Kier molecular flexibility index (Phi) is 3.68. The van der Waals surface area contributed by atoms with Crippen molar-refractivity contribution in [3.63, 3.8) is 0 Å². The zero-order chi connectivity index (χ0) is 17.4. The number of carbonyl (C=O) groups excluding carboxylic acids is 1. The van der Waals surface area contributed by atoms with Crippen LogP contribution in [0.1, 0.15) is 0 Å². The molecule has 0 spiro atoms. The first-order valence-corrected chi connectivity index (χ1v) is 7.85. The molecular formula is C16H17N7O2. The van der Waals surface area contributed by atoms with Crippen LogP contribution in [0.15, 0.2) is 30.9 Å². The summed E-state index contributed by atoms with van der Waals surface area (Å²) in [4.78, 5) is 29.1. The standard InChI is InChI=1S/C16H17N7O2/c1-21-15-12(8-20-21)16(19-10-18-15)22-5-6-23(14(24)9-22)11-3-4-17-13(7-11)25-2/h3-4,7-8,10H,5-6,9H2,1-2H3. The van der Waals surface area contributed by atoms with Gasteiger partial charge in [-0.3, -0.25) is 9.48 Å². The van der Waals surface area contributed by atoms with E-state index in [1.807, 2.05) is 11.9 Å². The maximum atomic E-state index is 12.7. The fourth-order valence-corrected chi connectivity index (χ4v) is 3.01. The number of amides is 1. The van der Waals surface area contributed by atoms with Gasteiger partial charge in [-0.15, -0.1) is 0 Å². The number of ether oxygens (including phenoxy) is 1. The first-order chi connectivity index (χ1) is 12.2. The van der Waals surface area contributed by atoms with Crippen LogP contribution in [-0.2, 0) is 11.8 Å². The first kappa shape index (κ1) is 15.3. The van der Waals surface area contributed by atoms with Crippen LogP contribution in [0.4, 0.5) is 11.5 Å². The second-order valence-corrected chi connectivity index (χ2v) is 5.73. The van der Waals surface area contributed by atoms with Crippen molar-refractivity contribution in [2.75, 3.05) is 36.5 Å². The number of aromatic nitrogens is 5. The third-order valence-corrected chi connectivity index (χ3v) is 4.27. The lowest BCUT2D eigenvalue weighted by Crippen LogP contribution is -2.51. The van der Waals surface area contributed by atoms with E-state index >= 15 is 0 Å². The number of anilines is 2. The Balaban J connectivity index is 1.59. The van der Waals surface area contributed by atoms with Gasteiger partial charge in [0.2, 0.25) is 11.8 Å². The number of methoxy groups -OCH3 is 1. The molecule has 9 heteroatoms. The lowest BCUT2D eigenvalue weighted by Gasteiger charge is -2.35.